The summed E-state index contributed by atoms with van der Waals surface area (Å²) in [6, 6.07) is 12.4. The van der Waals surface area contributed by atoms with E-state index in [0.717, 1.165) is 16.8 Å². The molecule has 4 N–H and O–H groups in total. The summed E-state index contributed by atoms with van der Waals surface area (Å²) in [5.74, 6) is 6.59. The molecule has 28 heavy (non-hydrogen) atoms. The number of methoxy groups -OCH3 is 1. The number of nitrogens with two attached hydrogens (primary N) is 1. The number of amidine groups is 1. The van der Waals surface area contributed by atoms with Gasteiger partial charge < -0.3 is 21.2 Å². The van der Waals surface area contributed by atoms with Gasteiger partial charge in [0.15, 0.2) is 5.84 Å². The van der Waals surface area contributed by atoms with Gasteiger partial charge in [-0.25, -0.2) is 0 Å². The summed E-state index contributed by atoms with van der Waals surface area (Å²) in [7, 11) is 1.61. The minimum atomic E-state index is -0.555. The number of nitrogens with zero attached hydrogens (tertiary/aromatic N) is 2. The van der Waals surface area contributed by atoms with E-state index in [1.807, 2.05) is 37.3 Å². The maximum atomic E-state index is 12.2. The number of hydrogen-bond acceptors (Lipinski definition) is 5. The number of benzene rings is 2. The molecule has 1 amide bonds. The molecule has 3 rings (SSSR count). The molecule has 0 aliphatic carbocycles. The molecule has 1 heterocycles. The molecule has 1 atom stereocenters. The Kier molecular flexibility index (Phi) is 6.16. The molecule has 0 saturated carbocycles. The highest BCUT2D eigenvalue weighted by molar-refractivity contribution is 6.31. The fourth-order valence-corrected chi connectivity index (χ4v) is 3.13. The number of hydrazone groups is 1. The minimum absolute atomic E-state index is 0.124. The van der Waals surface area contributed by atoms with Gasteiger partial charge in [0.1, 0.15) is 11.8 Å². The Balaban J connectivity index is 2.15. The van der Waals surface area contributed by atoms with Crippen LogP contribution in [0.15, 0.2) is 52.6 Å². The third-order valence-electron chi connectivity index (χ3n) is 4.35. The van der Waals surface area contributed by atoms with E-state index in [2.05, 4.69) is 15.7 Å². The van der Waals surface area contributed by atoms with Crippen LogP contribution in [0.1, 0.15) is 24.5 Å². The lowest BCUT2D eigenvalue weighted by Crippen LogP contribution is -2.34. The van der Waals surface area contributed by atoms with Crippen LogP contribution >= 0.6 is 11.6 Å². The van der Waals surface area contributed by atoms with Gasteiger partial charge in [-0.15, -0.1) is 0 Å². The summed E-state index contributed by atoms with van der Waals surface area (Å²) >= 11 is 6.05. The first-order valence-corrected chi connectivity index (χ1v) is 9.27. The molecular formula is C20H22ClN5O2. The van der Waals surface area contributed by atoms with Gasteiger partial charge in [-0.05, 0) is 37.3 Å². The van der Waals surface area contributed by atoms with E-state index in [0.29, 0.717) is 28.9 Å². The van der Waals surface area contributed by atoms with E-state index < -0.39 is 6.04 Å². The van der Waals surface area contributed by atoms with E-state index in [1.54, 1.807) is 19.2 Å². The summed E-state index contributed by atoms with van der Waals surface area (Å²) in [5.41, 5.74) is 3.16. The molecule has 0 aromatic heterocycles. The zero-order valence-corrected chi connectivity index (χ0v) is 16.5. The second-order valence-electron chi connectivity index (χ2n) is 6.21. The van der Waals surface area contributed by atoms with Crippen molar-refractivity contribution in [3.8, 4) is 5.75 Å². The molecule has 0 fully saturated rings. The molecule has 0 saturated heterocycles. The maximum absolute atomic E-state index is 12.2. The number of fused-ring (bicyclic) bond motifs is 1. The molecule has 1 aliphatic rings. The third kappa shape index (κ3) is 4.26. The highest BCUT2D eigenvalue weighted by Crippen LogP contribution is 2.29. The molecule has 8 heteroatoms. The second-order valence-corrected chi connectivity index (χ2v) is 6.65. The Hall–Kier alpha value is -3.06. The number of benzodiazepines with no additional fused rings is 1. The number of anilines is 1. The third-order valence-corrected chi connectivity index (χ3v) is 4.61. The minimum Gasteiger partial charge on any atom is -0.497 e. The van der Waals surface area contributed by atoms with Gasteiger partial charge in [0.25, 0.3) is 0 Å². The number of rotatable bonds is 5. The van der Waals surface area contributed by atoms with Gasteiger partial charge in [-0.2, -0.15) is 5.10 Å². The van der Waals surface area contributed by atoms with Crippen LogP contribution < -0.4 is 21.2 Å². The van der Waals surface area contributed by atoms with Gasteiger partial charge in [0.2, 0.25) is 5.91 Å². The SMILES string of the molecule is CCNC(=O)C[C@@H]1N=C(c2ccc(Cl)cc2)c2cc(OC)ccc2N/C1=N\N. The zero-order valence-electron chi connectivity index (χ0n) is 15.7. The van der Waals surface area contributed by atoms with Crippen molar-refractivity contribution in [1.82, 2.24) is 5.32 Å². The fourth-order valence-electron chi connectivity index (χ4n) is 3.01. The predicted molar refractivity (Wildman–Crippen MR) is 112 cm³/mol. The maximum Gasteiger partial charge on any atom is 0.222 e. The van der Waals surface area contributed by atoms with Gasteiger partial charge in [-0.1, -0.05) is 23.7 Å². The fraction of sp³-hybridized carbons (Fsp3) is 0.250. The summed E-state index contributed by atoms with van der Waals surface area (Å²) in [5, 5.41) is 10.5. The highest BCUT2D eigenvalue weighted by Gasteiger charge is 2.26. The molecule has 2 aromatic rings. The average Bonchev–Trinajstić information content (AvgIpc) is 2.85. The number of halogens is 1. The van der Waals surface area contributed by atoms with Crippen molar-refractivity contribution in [2.45, 2.75) is 19.4 Å². The van der Waals surface area contributed by atoms with Crippen molar-refractivity contribution >= 4 is 34.7 Å². The molecule has 0 bridgehead atoms. The molecule has 0 unspecified atom stereocenters. The van der Waals surface area contributed by atoms with Crippen molar-refractivity contribution in [3.63, 3.8) is 0 Å². The Labute approximate surface area is 168 Å². The Morgan fingerprint density at radius 3 is 2.71 bits per heavy atom. The van der Waals surface area contributed by atoms with Crippen LogP contribution in [0.25, 0.3) is 0 Å². The predicted octanol–water partition coefficient (Wildman–Crippen LogP) is 2.78. The molecule has 0 radical (unpaired) electrons. The summed E-state index contributed by atoms with van der Waals surface area (Å²) in [6.45, 7) is 2.41. The van der Waals surface area contributed by atoms with Crippen molar-refractivity contribution in [2.75, 3.05) is 19.0 Å². The topological polar surface area (TPSA) is 101 Å². The largest absolute Gasteiger partial charge is 0.497 e. The van der Waals surface area contributed by atoms with Crippen LogP contribution in [0.2, 0.25) is 5.02 Å². The standard InChI is InChI=1S/C20H22ClN5O2/c1-3-23-18(27)11-17-20(26-22)25-16-9-8-14(28-2)10-15(16)19(24-17)12-4-6-13(21)7-5-12/h4-10,17H,3,11,22H2,1-2H3,(H,23,27)(H,25,26)/t17-/m0/s1. The van der Waals surface area contributed by atoms with E-state index >= 15 is 0 Å². The molecule has 2 aromatic carbocycles. The smallest absolute Gasteiger partial charge is 0.222 e. The number of nitrogens with one attached hydrogen (secondary N) is 2. The van der Waals surface area contributed by atoms with Crippen molar-refractivity contribution in [1.29, 1.82) is 0 Å². The van der Waals surface area contributed by atoms with Crippen LogP contribution in [-0.2, 0) is 4.79 Å². The van der Waals surface area contributed by atoms with E-state index in [1.165, 1.54) is 0 Å². The van der Waals surface area contributed by atoms with Crippen LogP contribution in [0.3, 0.4) is 0 Å². The first-order valence-electron chi connectivity index (χ1n) is 8.89. The van der Waals surface area contributed by atoms with Crippen LogP contribution in [-0.4, -0.2) is 37.2 Å². The number of carbonyl (C=O) groups is 1. The van der Waals surface area contributed by atoms with E-state index in [4.69, 9.17) is 27.2 Å². The zero-order chi connectivity index (χ0) is 20.1. The van der Waals surface area contributed by atoms with Gasteiger partial charge >= 0.3 is 0 Å². The normalized spacial score (nSPS) is 17.2. The molecule has 1 aliphatic heterocycles. The quantitative estimate of drug-likeness (QED) is 0.531. The van der Waals surface area contributed by atoms with Crippen LogP contribution in [0.5, 0.6) is 5.75 Å². The summed E-state index contributed by atoms with van der Waals surface area (Å²) in [4.78, 5) is 17.1. The van der Waals surface area contributed by atoms with Gasteiger partial charge in [0, 0.05) is 28.4 Å². The van der Waals surface area contributed by atoms with Crippen molar-refractivity contribution < 1.29 is 9.53 Å². The lowest BCUT2D eigenvalue weighted by atomic mass is 10.00. The number of aliphatic imine (C=N–C) groups is 1. The number of carbonyl (C=O) groups excluding carboxylic acids is 1. The van der Waals surface area contributed by atoms with Gasteiger partial charge in [-0.3, -0.25) is 9.79 Å². The summed E-state index contributed by atoms with van der Waals surface area (Å²) in [6.07, 6.45) is 0.124. The molecule has 0 spiro atoms. The first kappa shape index (κ1) is 19.7. The van der Waals surface area contributed by atoms with E-state index in [9.17, 15) is 4.79 Å². The lowest BCUT2D eigenvalue weighted by molar-refractivity contribution is -0.121. The Morgan fingerprint density at radius 2 is 2.07 bits per heavy atom. The number of amides is 1. The molecular weight excluding hydrogens is 378 g/mol. The highest BCUT2D eigenvalue weighted by atomic mass is 35.5. The number of hydrogen-bond donors (Lipinski definition) is 3. The molecule has 146 valence electrons. The Bertz CT molecular complexity index is 925. The second kappa shape index (κ2) is 8.75. The van der Waals surface area contributed by atoms with Crippen LogP contribution in [0, 0.1) is 0 Å². The van der Waals surface area contributed by atoms with E-state index in [-0.39, 0.29) is 12.3 Å². The average molecular weight is 400 g/mol. The Morgan fingerprint density at radius 1 is 1.32 bits per heavy atom. The summed E-state index contributed by atoms with van der Waals surface area (Å²) < 4.78 is 5.38. The lowest BCUT2D eigenvalue weighted by Gasteiger charge is -2.14. The van der Waals surface area contributed by atoms with Gasteiger partial charge in [0.05, 0.1) is 19.2 Å². The molecule has 7 nitrogen and oxygen atoms in total. The van der Waals surface area contributed by atoms with Crippen LogP contribution in [0.4, 0.5) is 5.69 Å². The van der Waals surface area contributed by atoms with Crippen molar-refractivity contribution in [2.24, 2.45) is 15.9 Å². The first-order chi connectivity index (χ1) is 13.5. The van der Waals surface area contributed by atoms with Crippen molar-refractivity contribution in [3.05, 3.63) is 58.6 Å². The monoisotopic (exact) mass is 399 g/mol. The number of ether oxygens (including phenoxy) is 1.